The number of fused-ring (bicyclic) bond motifs is 12. The fraction of sp³-hybridized carbons (Fsp3) is 0.179. The third-order valence-corrected chi connectivity index (χ3v) is 14.1. The van der Waals surface area contributed by atoms with Crippen LogP contribution >= 0.6 is 0 Å². The van der Waals surface area contributed by atoms with Gasteiger partial charge in [0.1, 0.15) is 0 Å². The topological polar surface area (TPSA) is 0 Å². The summed E-state index contributed by atoms with van der Waals surface area (Å²) in [6, 6.07) is 54.1. The van der Waals surface area contributed by atoms with Crippen molar-refractivity contribution < 1.29 is 0 Å². The average Bonchev–Trinajstić information content (AvgIpc) is 3.56. The third-order valence-electron chi connectivity index (χ3n) is 14.1. The molecule has 10 aromatic rings. The molecule has 0 heteroatoms. The number of hydrogen-bond acceptors (Lipinski definition) is 0. The Balaban J connectivity index is 1.04. The van der Waals surface area contributed by atoms with Crippen LogP contribution in [0.25, 0.3) is 98.0 Å². The van der Waals surface area contributed by atoms with Gasteiger partial charge in [0.2, 0.25) is 0 Å². The third kappa shape index (κ3) is 3.99. The van der Waals surface area contributed by atoms with Gasteiger partial charge >= 0.3 is 0 Å². The van der Waals surface area contributed by atoms with Crippen molar-refractivity contribution in [2.75, 3.05) is 0 Å². The van der Waals surface area contributed by atoms with E-state index in [0.717, 1.165) is 0 Å². The summed E-state index contributed by atoms with van der Waals surface area (Å²) in [4.78, 5) is 0. The quantitative estimate of drug-likeness (QED) is 0.148. The van der Waals surface area contributed by atoms with Crippen molar-refractivity contribution in [1.29, 1.82) is 0 Å². The van der Waals surface area contributed by atoms with Gasteiger partial charge in [-0.05, 0) is 162 Å². The van der Waals surface area contributed by atoms with Gasteiger partial charge < -0.3 is 0 Å². The molecule has 0 saturated carbocycles. The first-order valence-corrected chi connectivity index (χ1v) is 20.3. The van der Waals surface area contributed by atoms with Crippen molar-refractivity contribution in [1.82, 2.24) is 0 Å². The van der Waals surface area contributed by atoms with E-state index in [1.165, 1.54) is 126 Å². The minimum absolute atomic E-state index is 0.0697. The lowest BCUT2D eigenvalue weighted by Crippen LogP contribution is -2.17. The second-order valence-corrected chi connectivity index (χ2v) is 18.9. The molecule has 268 valence electrons. The summed E-state index contributed by atoms with van der Waals surface area (Å²) in [7, 11) is 0. The molecule has 0 radical (unpaired) electrons. The second-order valence-electron chi connectivity index (χ2n) is 18.9. The molecule has 0 aliphatic heterocycles. The lowest BCUT2D eigenvalue weighted by molar-refractivity contribution is 0.596. The molecule has 0 saturated heterocycles. The molecule has 0 heterocycles. The molecule has 0 spiro atoms. The van der Waals surface area contributed by atoms with E-state index in [1.54, 1.807) is 0 Å². The molecule has 0 unspecified atom stereocenters. The van der Waals surface area contributed by atoms with Crippen LogP contribution in [0.5, 0.6) is 0 Å². The first-order valence-electron chi connectivity index (χ1n) is 20.3. The van der Waals surface area contributed by atoms with E-state index in [9.17, 15) is 0 Å². The van der Waals surface area contributed by atoms with Crippen LogP contribution in [-0.4, -0.2) is 0 Å². The van der Waals surface area contributed by atoms with Crippen LogP contribution in [0.4, 0.5) is 0 Å². The minimum atomic E-state index is -0.145. The van der Waals surface area contributed by atoms with Crippen molar-refractivity contribution in [3.63, 3.8) is 0 Å². The van der Waals surface area contributed by atoms with E-state index in [0.29, 0.717) is 0 Å². The molecule has 2 aliphatic rings. The number of benzene rings is 10. The molecule has 12 rings (SSSR count). The Hall–Kier alpha value is -5.98. The highest BCUT2D eigenvalue weighted by atomic mass is 14.4. The summed E-state index contributed by atoms with van der Waals surface area (Å²) >= 11 is 0. The fourth-order valence-corrected chi connectivity index (χ4v) is 11.2. The van der Waals surface area contributed by atoms with Crippen LogP contribution in [0.1, 0.15) is 76.3 Å². The Bertz CT molecular complexity index is 3380. The van der Waals surface area contributed by atoms with E-state index >= 15 is 0 Å². The average molecular weight is 717 g/mol. The van der Waals surface area contributed by atoms with Crippen LogP contribution < -0.4 is 0 Å². The maximum atomic E-state index is 2.57. The van der Waals surface area contributed by atoms with Crippen molar-refractivity contribution in [3.05, 3.63) is 167 Å². The van der Waals surface area contributed by atoms with E-state index in [-0.39, 0.29) is 16.2 Å². The predicted octanol–water partition coefficient (Wildman–Crippen LogP) is 15.6. The van der Waals surface area contributed by atoms with Crippen LogP contribution in [0.3, 0.4) is 0 Å². The van der Waals surface area contributed by atoms with Crippen molar-refractivity contribution in [2.45, 2.75) is 64.7 Å². The molecular formula is C56H44. The zero-order valence-electron chi connectivity index (χ0n) is 33.3. The lowest BCUT2D eigenvalue weighted by Gasteiger charge is -2.25. The standard InChI is InChI=1S/C56H44/c1-54(2,3)47-25-20-32-17-23-40-34(21-16-31-18-24-41(47)53(32)52(31)40)33-19-22-39-45-29-51-46(30-50(45)55(4,5)48(39)26-33)44-27-42-37-14-10-8-12-35(37)36-13-9-11-15-38(36)43(42)28-49(44)56(51,6)7/h8-30H,1-7H3. The second kappa shape index (κ2) is 10.4. The highest BCUT2D eigenvalue weighted by Gasteiger charge is 2.42. The van der Waals surface area contributed by atoms with Crippen molar-refractivity contribution >= 4 is 64.6 Å². The number of hydrogen-bond donors (Lipinski definition) is 0. The Labute approximate surface area is 328 Å². The van der Waals surface area contributed by atoms with Crippen LogP contribution in [0, 0.1) is 0 Å². The zero-order valence-corrected chi connectivity index (χ0v) is 33.3. The van der Waals surface area contributed by atoms with Gasteiger partial charge in [-0.1, -0.05) is 158 Å². The van der Waals surface area contributed by atoms with Crippen LogP contribution in [0.2, 0.25) is 0 Å². The first kappa shape index (κ1) is 32.3. The van der Waals surface area contributed by atoms with Crippen LogP contribution in [0.15, 0.2) is 140 Å². The Morgan fingerprint density at radius 1 is 0.339 bits per heavy atom. The molecular weight excluding hydrogens is 673 g/mol. The SMILES string of the molecule is CC(C)(C)c1ccc2ccc3c(-c4ccc5c(c4)C(C)(C)c4cc6c(cc4-5)C(C)(C)c4cc5c7ccccc7c7ccccc7c5cc4-6)ccc4ccc1c2c43. The van der Waals surface area contributed by atoms with Gasteiger partial charge in [0, 0.05) is 10.8 Å². The zero-order chi connectivity index (χ0) is 38.0. The first-order chi connectivity index (χ1) is 26.9. The van der Waals surface area contributed by atoms with Gasteiger partial charge in [-0.2, -0.15) is 0 Å². The normalized spacial score (nSPS) is 15.3. The Kier molecular flexibility index (Phi) is 6.02. The molecule has 2 aliphatic carbocycles. The lowest BCUT2D eigenvalue weighted by atomic mass is 9.78. The van der Waals surface area contributed by atoms with Gasteiger partial charge in [0.15, 0.2) is 0 Å². The summed E-state index contributed by atoms with van der Waals surface area (Å²) in [5.41, 5.74) is 15.1. The van der Waals surface area contributed by atoms with Gasteiger partial charge in [0.25, 0.3) is 0 Å². The molecule has 0 bridgehead atoms. The van der Waals surface area contributed by atoms with E-state index in [4.69, 9.17) is 0 Å². The molecule has 0 N–H and O–H groups in total. The summed E-state index contributed by atoms with van der Waals surface area (Å²) in [5, 5.41) is 16.2. The molecule has 0 fully saturated rings. The molecule has 0 amide bonds. The molecule has 0 atom stereocenters. The van der Waals surface area contributed by atoms with Gasteiger partial charge in [0.05, 0.1) is 0 Å². The van der Waals surface area contributed by atoms with Gasteiger partial charge in [-0.15, -0.1) is 0 Å². The summed E-state index contributed by atoms with van der Waals surface area (Å²) in [6.07, 6.45) is 0. The summed E-state index contributed by atoms with van der Waals surface area (Å²) in [6.45, 7) is 16.7. The van der Waals surface area contributed by atoms with Crippen molar-refractivity contribution in [2.24, 2.45) is 0 Å². The van der Waals surface area contributed by atoms with Crippen LogP contribution in [-0.2, 0) is 16.2 Å². The molecule has 0 aromatic heterocycles. The largest absolute Gasteiger partial charge is 0.0616 e. The van der Waals surface area contributed by atoms with E-state index < -0.39 is 0 Å². The predicted molar refractivity (Wildman–Crippen MR) is 242 cm³/mol. The minimum Gasteiger partial charge on any atom is -0.0616 e. The maximum Gasteiger partial charge on any atom is 0.0159 e. The highest BCUT2D eigenvalue weighted by molar-refractivity contribution is 6.27. The fourth-order valence-electron chi connectivity index (χ4n) is 11.2. The molecule has 10 aromatic carbocycles. The monoisotopic (exact) mass is 716 g/mol. The van der Waals surface area contributed by atoms with Crippen molar-refractivity contribution in [3.8, 4) is 33.4 Å². The van der Waals surface area contributed by atoms with E-state index in [1.807, 2.05) is 0 Å². The Morgan fingerprint density at radius 2 is 0.786 bits per heavy atom. The molecule has 0 nitrogen and oxygen atoms in total. The molecule has 56 heavy (non-hydrogen) atoms. The maximum absolute atomic E-state index is 2.57. The smallest absolute Gasteiger partial charge is 0.0159 e. The summed E-state index contributed by atoms with van der Waals surface area (Å²) in [5.74, 6) is 0. The van der Waals surface area contributed by atoms with Gasteiger partial charge in [-0.3, -0.25) is 0 Å². The van der Waals surface area contributed by atoms with E-state index in [2.05, 4.69) is 188 Å². The number of rotatable bonds is 1. The highest BCUT2D eigenvalue weighted by Crippen LogP contribution is 2.58. The Morgan fingerprint density at radius 3 is 1.41 bits per heavy atom. The summed E-state index contributed by atoms with van der Waals surface area (Å²) < 4.78 is 0. The van der Waals surface area contributed by atoms with Gasteiger partial charge in [-0.25, -0.2) is 0 Å².